The maximum absolute atomic E-state index is 14.2. The van der Waals surface area contributed by atoms with E-state index in [9.17, 15) is 9.18 Å². The zero-order valence-corrected chi connectivity index (χ0v) is 14.5. The Hall–Kier alpha value is -2.21. The first-order chi connectivity index (χ1) is 12.2. The molecule has 1 saturated heterocycles. The highest BCUT2D eigenvalue weighted by molar-refractivity contribution is 5.94. The lowest BCUT2D eigenvalue weighted by Crippen LogP contribution is -2.44. The minimum absolute atomic E-state index is 0.0415. The Morgan fingerprint density at radius 1 is 1.28 bits per heavy atom. The highest BCUT2D eigenvalue weighted by Crippen LogP contribution is 2.29. The van der Waals surface area contributed by atoms with Crippen LogP contribution in [0.4, 0.5) is 4.39 Å². The van der Waals surface area contributed by atoms with Gasteiger partial charge in [-0.25, -0.2) is 9.07 Å². The van der Waals surface area contributed by atoms with Crippen molar-refractivity contribution in [3.63, 3.8) is 0 Å². The van der Waals surface area contributed by atoms with Crippen molar-refractivity contribution >= 4 is 5.91 Å². The van der Waals surface area contributed by atoms with Crippen LogP contribution >= 0.6 is 0 Å². The van der Waals surface area contributed by atoms with Gasteiger partial charge in [0, 0.05) is 24.3 Å². The molecule has 0 unspecified atom stereocenters. The first-order valence-corrected chi connectivity index (χ1v) is 9.00. The van der Waals surface area contributed by atoms with Crippen molar-refractivity contribution in [3.05, 3.63) is 47.0 Å². The molecule has 2 heterocycles. The highest BCUT2D eigenvalue weighted by atomic mass is 19.1. The maximum atomic E-state index is 14.2. The van der Waals surface area contributed by atoms with E-state index in [1.54, 1.807) is 22.9 Å². The van der Waals surface area contributed by atoms with Crippen molar-refractivity contribution in [1.82, 2.24) is 20.0 Å². The quantitative estimate of drug-likeness (QED) is 0.931. The second kappa shape index (κ2) is 6.59. The summed E-state index contributed by atoms with van der Waals surface area (Å²) in [6.45, 7) is 1.87. The molecule has 1 aliphatic heterocycles. The standard InChI is InChI=1S/C19H23FN4O/c1-23(13-9-11-21-12-10-13)19(25)18-14-5-4-8-16(14)24(22-18)17-7-3-2-6-15(17)20/h2-3,6-7,13,21H,4-5,8-12H2,1H3. The third-order valence-corrected chi connectivity index (χ3v) is 5.39. The van der Waals surface area contributed by atoms with Gasteiger partial charge in [-0.15, -0.1) is 0 Å². The van der Waals surface area contributed by atoms with Gasteiger partial charge in [-0.2, -0.15) is 5.10 Å². The van der Waals surface area contributed by atoms with Crippen molar-refractivity contribution < 1.29 is 9.18 Å². The van der Waals surface area contributed by atoms with E-state index in [1.807, 2.05) is 11.9 Å². The molecule has 25 heavy (non-hydrogen) atoms. The molecule has 1 aromatic heterocycles. The molecule has 1 fully saturated rings. The number of nitrogens with one attached hydrogen (secondary N) is 1. The van der Waals surface area contributed by atoms with Gasteiger partial charge in [-0.05, 0) is 57.3 Å². The molecular weight excluding hydrogens is 319 g/mol. The first-order valence-electron chi connectivity index (χ1n) is 9.00. The molecule has 0 atom stereocenters. The molecule has 1 aliphatic carbocycles. The molecule has 6 heteroatoms. The molecule has 5 nitrogen and oxygen atoms in total. The number of hydrogen-bond acceptors (Lipinski definition) is 3. The van der Waals surface area contributed by atoms with Crippen LogP contribution in [-0.4, -0.2) is 46.8 Å². The fourth-order valence-electron chi connectivity index (χ4n) is 3.96. The monoisotopic (exact) mass is 342 g/mol. The number of fused-ring (bicyclic) bond motifs is 1. The van der Waals surface area contributed by atoms with Crippen molar-refractivity contribution in [2.75, 3.05) is 20.1 Å². The first kappa shape index (κ1) is 16.3. The molecule has 1 amide bonds. The maximum Gasteiger partial charge on any atom is 0.274 e. The van der Waals surface area contributed by atoms with Gasteiger partial charge in [0.25, 0.3) is 5.91 Å². The third kappa shape index (κ3) is 2.84. The van der Waals surface area contributed by atoms with Gasteiger partial charge in [0.2, 0.25) is 0 Å². The number of rotatable bonds is 3. The van der Waals surface area contributed by atoms with Crippen LogP contribution in [0.2, 0.25) is 0 Å². The lowest BCUT2D eigenvalue weighted by Gasteiger charge is -2.31. The number of para-hydroxylation sites is 1. The van der Waals surface area contributed by atoms with E-state index in [2.05, 4.69) is 10.4 Å². The number of amides is 1. The van der Waals surface area contributed by atoms with Gasteiger partial charge in [-0.3, -0.25) is 4.79 Å². The number of piperidine rings is 1. The Morgan fingerprint density at radius 3 is 2.80 bits per heavy atom. The Balaban J connectivity index is 1.70. The van der Waals surface area contributed by atoms with Gasteiger partial charge in [0.15, 0.2) is 5.69 Å². The lowest BCUT2D eigenvalue weighted by atomic mass is 10.0. The molecule has 0 spiro atoms. The fraction of sp³-hybridized carbons (Fsp3) is 0.474. The average Bonchev–Trinajstić information content (AvgIpc) is 3.24. The number of benzene rings is 1. The van der Waals surface area contributed by atoms with Crippen LogP contribution in [0.15, 0.2) is 24.3 Å². The van der Waals surface area contributed by atoms with Crippen LogP contribution in [0.5, 0.6) is 0 Å². The minimum Gasteiger partial charge on any atom is -0.337 e. The summed E-state index contributed by atoms with van der Waals surface area (Å²) >= 11 is 0. The fourth-order valence-corrected chi connectivity index (χ4v) is 3.96. The molecule has 1 N–H and O–H groups in total. The Morgan fingerprint density at radius 2 is 2.04 bits per heavy atom. The van der Waals surface area contributed by atoms with E-state index in [0.29, 0.717) is 11.4 Å². The smallest absolute Gasteiger partial charge is 0.274 e. The zero-order chi connectivity index (χ0) is 17.4. The Labute approximate surface area is 146 Å². The van der Waals surface area contributed by atoms with Gasteiger partial charge in [0.1, 0.15) is 11.5 Å². The van der Waals surface area contributed by atoms with Crippen LogP contribution in [0.3, 0.4) is 0 Å². The molecule has 2 aliphatic rings. The highest BCUT2D eigenvalue weighted by Gasteiger charge is 2.31. The number of nitrogens with zero attached hydrogens (tertiary/aromatic N) is 3. The van der Waals surface area contributed by atoms with Crippen LogP contribution in [0.25, 0.3) is 5.69 Å². The molecule has 2 aromatic rings. The van der Waals surface area contributed by atoms with E-state index >= 15 is 0 Å². The molecule has 0 bridgehead atoms. The number of hydrogen-bond donors (Lipinski definition) is 1. The molecule has 0 radical (unpaired) electrons. The predicted octanol–water partition coefficient (Wildman–Crippen LogP) is 2.32. The average molecular weight is 342 g/mol. The SMILES string of the molecule is CN(C(=O)c1nn(-c2ccccc2F)c2c1CCC2)C1CCNCC1. The second-order valence-corrected chi connectivity index (χ2v) is 6.89. The van der Waals surface area contributed by atoms with Gasteiger partial charge >= 0.3 is 0 Å². The van der Waals surface area contributed by atoms with Gasteiger partial charge in [0.05, 0.1) is 0 Å². The minimum atomic E-state index is -0.314. The topological polar surface area (TPSA) is 50.2 Å². The predicted molar refractivity (Wildman–Crippen MR) is 93.5 cm³/mol. The summed E-state index contributed by atoms with van der Waals surface area (Å²) in [5.74, 6) is -0.356. The number of halogens is 1. The summed E-state index contributed by atoms with van der Waals surface area (Å²) in [5, 5.41) is 7.87. The van der Waals surface area contributed by atoms with E-state index in [4.69, 9.17) is 0 Å². The van der Waals surface area contributed by atoms with Crippen molar-refractivity contribution in [1.29, 1.82) is 0 Å². The third-order valence-electron chi connectivity index (χ3n) is 5.39. The Kier molecular flexibility index (Phi) is 4.29. The molecular formula is C19H23FN4O. The van der Waals surface area contributed by atoms with Crippen LogP contribution in [0.1, 0.15) is 41.0 Å². The summed E-state index contributed by atoms with van der Waals surface area (Å²) < 4.78 is 15.9. The summed E-state index contributed by atoms with van der Waals surface area (Å²) in [6, 6.07) is 6.85. The van der Waals surface area contributed by atoms with Crippen LogP contribution in [-0.2, 0) is 12.8 Å². The van der Waals surface area contributed by atoms with Crippen molar-refractivity contribution in [2.45, 2.75) is 38.1 Å². The molecule has 4 rings (SSSR count). The Bertz CT molecular complexity index is 795. The second-order valence-electron chi connectivity index (χ2n) is 6.89. The zero-order valence-electron chi connectivity index (χ0n) is 14.5. The van der Waals surface area contributed by atoms with E-state index in [-0.39, 0.29) is 17.8 Å². The largest absolute Gasteiger partial charge is 0.337 e. The molecule has 0 saturated carbocycles. The number of carbonyl (C=O) groups is 1. The summed E-state index contributed by atoms with van der Waals surface area (Å²) in [6.07, 6.45) is 4.57. The number of aromatic nitrogens is 2. The van der Waals surface area contributed by atoms with Gasteiger partial charge < -0.3 is 10.2 Å². The summed E-state index contributed by atoms with van der Waals surface area (Å²) in [4.78, 5) is 14.9. The van der Waals surface area contributed by atoms with Crippen molar-refractivity contribution in [2.24, 2.45) is 0 Å². The lowest BCUT2D eigenvalue weighted by molar-refractivity contribution is 0.0695. The molecule has 1 aromatic carbocycles. The van der Waals surface area contributed by atoms with Crippen LogP contribution < -0.4 is 5.32 Å². The van der Waals surface area contributed by atoms with Gasteiger partial charge in [-0.1, -0.05) is 12.1 Å². The van der Waals surface area contributed by atoms with E-state index in [1.165, 1.54) is 6.07 Å². The van der Waals surface area contributed by atoms with E-state index in [0.717, 1.165) is 56.5 Å². The summed E-state index contributed by atoms with van der Waals surface area (Å²) in [7, 11) is 1.86. The van der Waals surface area contributed by atoms with Crippen LogP contribution in [0, 0.1) is 5.82 Å². The summed E-state index contributed by atoms with van der Waals surface area (Å²) in [5.41, 5.74) is 2.89. The number of carbonyl (C=O) groups excluding carboxylic acids is 1. The van der Waals surface area contributed by atoms with Crippen molar-refractivity contribution in [3.8, 4) is 5.69 Å². The normalized spacial score (nSPS) is 17.5. The molecule has 132 valence electrons. The van der Waals surface area contributed by atoms with E-state index < -0.39 is 0 Å².